The summed E-state index contributed by atoms with van der Waals surface area (Å²) in [5.41, 5.74) is 3.91. The first-order chi connectivity index (χ1) is 8.65. The van der Waals surface area contributed by atoms with Crippen LogP contribution in [0.1, 0.15) is 49.9 Å². The largest absolute Gasteiger partial charge is 0.272 e. The Kier molecular flexibility index (Phi) is 6.44. The van der Waals surface area contributed by atoms with Crippen LogP contribution < -0.4 is 5.43 Å². The SMILES string of the molecule is CCCCC/C(C)=N/NC(=O)c1ccccc1Cl. The number of nitrogens with one attached hydrogen (secondary N) is 1. The molecule has 1 aromatic rings. The lowest BCUT2D eigenvalue weighted by Gasteiger charge is -2.04. The van der Waals surface area contributed by atoms with Gasteiger partial charge >= 0.3 is 0 Å². The number of benzene rings is 1. The maximum absolute atomic E-state index is 11.8. The zero-order valence-corrected chi connectivity index (χ0v) is 11.6. The molecule has 3 nitrogen and oxygen atoms in total. The molecule has 0 spiro atoms. The van der Waals surface area contributed by atoms with Crippen LogP contribution in [0.4, 0.5) is 0 Å². The number of carbonyl (C=O) groups excluding carboxylic acids is 1. The van der Waals surface area contributed by atoms with Crippen molar-refractivity contribution in [1.82, 2.24) is 5.43 Å². The summed E-state index contributed by atoms with van der Waals surface area (Å²) in [6.45, 7) is 4.08. The van der Waals surface area contributed by atoms with E-state index in [1.165, 1.54) is 12.8 Å². The first kappa shape index (κ1) is 14.7. The number of unbranched alkanes of at least 4 members (excludes halogenated alkanes) is 2. The maximum atomic E-state index is 11.8. The molecule has 0 aliphatic rings. The second-order valence-corrected chi connectivity index (χ2v) is 4.63. The van der Waals surface area contributed by atoms with Gasteiger partial charge in [-0.2, -0.15) is 5.10 Å². The Morgan fingerprint density at radius 2 is 2.06 bits per heavy atom. The van der Waals surface area contributed by atoms with E-state index < -0.39 is 0 Å². The summed E-state index contributed by atoms with van der Waals surface area (Å²) >= 11 is 5.93. The van der Waals surface area contributed by atoms with Gasteiger partial charge < -0.3 is 0 Å². The molecule has 0 aliphatic carbocycles. The number of hydrogen-bond acceptors (Lipinski definition) is 2. The number of hydrazone groups is 1. The van der Waals surface area contributed by atoms with E-state index in [2.05, 4.69) is 17.5 Å². The molecule has 0 saturated heterocycles. The van der Waals surface area contributed by atoms with E-state index in [9.17, 15) is 4.79 Å². The van der Waals surface area contributed by atoms with Crippen LogP contribution in [0, 0.1) is 0 Å². The predicted octanol–water partition coefficient (Wildman–Crippen LogP) is 4.03. The van der Waals surface area contributed by atoms with Crippen LogP contribution in [-0.2, 0) is 0 Å². The van der Waals surface area contributed by atoms with Gasteiger partial charge in [-0.1, -0.05) is 43.5 Å². The Morgan fingerprint density at radius 3 is 2.72 bits per heavy atom. The molecule has 0 atom stereocenters. The lowest BCUT2D eigenvalue weighted by molar-refractivity contribution is 0.0955. The smallest absolute Gasteiger partial charge is 0.267 e. The Morgan fingerprint density at radius 1 is 1.33 bits per heavy atom. The summed E-state index contributed by atoms with van der Waals surface area (Å²) in [6.07, 6.45) is 4.38. The van der Waals surface area contributed by atoms with Gasteiger partial charge in [-0.05, 0) is 31.9 Å². The number of halogens is 1. The average molecular weight is 267 g/mol. The van der Waals surface area contributed by atoms with E-state index in [0.717, 1.165) is 18.6 Å². The molecule has 0 bridgehead atoms. The molecule has 1 aromatic carbocycles. The molecule has 0 unspecified atom stereocenters. The molecule has 18 heavy (non-hydrogen) atoms. The normalized spacial score (nSPS) is 11.4. The summed E-state index contributed by atoms with van der Waals surface area (Å²) in [4.78, 5) is 11.8. The van der Waals surface area contributed by atoms with Crippen molar-refractivity contribution in [2.24, 2.45) is 5.10 Å². The zero-order chi connectivity index (χ0) is 13.4. The van der Waals surface area contributed by atoms with Crippen molar-refractivity contribution >= 4 is 23.2 Å². The number of rotatable bonds is 6. The minimum atomic E-state index is -0.268. The van der Waals surface area contributed by atoms with E-state index in [4.69, 9.17) is 11.6 Å². The molecule has 0 saturated carbocycles. The van der Waals surface area contributed by atoms with Crippen LogP contribution in [0.2, 0.25) is 5.02 Å². The third kappa shape index (κ3) is 4.88. The summed E-state index contributed by atoms with van der Waals surface area (Å²) in [5.74, 6) is -0.268. The molecule has 1 N–H and O–H groups in total. The molecule has 0 aromatic heterocycles. The highest BCUT2D eigenvalue weighted by atomic mass is 35.5. The van der Waals surface area contributed by atoms with Crippen molar-refractivity contribution in [2.45, 2.75) is 39.5 Å². The van der Waals surface area contributed by atoms with Crippen LogP contribution >= 0.6 is 11.6 Å². The summed E-state index contributed by atoms with van der Waals surface area (Å²) in [6, 6.07) is 6.94. The third-order valence-electron chi connectivity index (χ3n) is 2.61. The van der Waals surface area contributed by atoms with Crippen molar-refractivity contribution in [3.63, 3.8) is 0 Å². The Balaban J connectivity index is 2.50. The molecule has 4 heteroatoms. The van der Waals surface area contributed by atoms with Gasteiger partial charge in [0.15, 0.2) is 0 Å². The van der Waals surface area contributed by atoms with E-state index in [-0.39, 0.29) is 5.91 Å². The first-order valence-electron chi connectivity index (χ1n) is 6.23. The van der Waals surface area contributed by atoms with Crippen molar-refractivity contribution in [3.05, 3.63) is 34.9 Å². The van der Waals surface area contributed by atoms with Gasteiger partial charge in [-0.3, -0.25) is 4.79 Å². The van der Waals surface area contributed by atoms with Crippen LogP contribution in [0.25, 0.3) is 0 Å². The third-order valence-corrected chi connectivity index (χ3v) is 2.94. The Labute approximate surface area is 113 Å². The van der Waals surface area contributed by atoms with Gasteiger partial charge in [0, 0.05) is 5.71 Å². The highest BCUT2D eigenvalue weighted by Gasteiger charge is 2.08. The van der Waals surface area contributed by atoms with Crippen molar-refractivity contribution in [1.29, 1.82) is 0 Å². The molecular formula is C14H19ClN2O. The quantitative estimate of drug-likeness (QED) is 0.471. The van der Waals surface area contributed by atoms with Crippen LogP contribution in [0.15, 0.2) is 29.4 Å². The summed E-state index contributed by atoms with van der Waals surface area (Å²) in [7, 11) is 0. The molecule has 1 amide bonds. The van der Waals surface area contributed by atoms with Crippen LogP contribution in [0.5, 0.6) is 0 Å². The van der Waals surface area contributed by atoms with Crippen molar-refractivity contribution < 1.29 is 4.79 Å². The van der Waals surface area contributed by atoms with Crippen molar-refractivity contribution in [3.8, 4) is 0 Å². The minimum absolute atomic E-state index is 0.268. The Bertz CT molecular complexity index is 430. The highest BCUT2D eigenvalue weighted by molar-refractivity contribution is 6.33. The first-order valence-corrected chi connectivity index (χ1v) is 6.61. The lowest BCUT2D eigenvalue weighted by Crippen LogP contribution is -2.19. The van der Waals surface area contributed by atoms with E-state index in [1.807, 2.05) is 6.92 Å². The number of amides is 1. The monoisotopic (exact) mass is 266 g/mol. The van der Waals surface area contributed by atoms with E-state index in [0.29, 0.717) is 10.6 Å². The molecule has 98 valence electrons. The molecule has 0 fully saturated rings. The van der Waals surface area contributed by atoms with E-state index >= 15 is 0 Å². The van der Waals surface area contributed by atoms with Crippen molar-refractivity contribution in [2.75, 3.05) is 0 Å². The number of nitrogens with zero attached hydrogens (tertiary/aromatic N) is 1. The second-order valence-electron chi connectivity index (χ2n) is 4.22. The van der Waals surface area contributed by atoms with Gasteiger partial charge in [-0.15, -0.1) is 0 Å². The van der Waals surface area contributed by atoms with Gasteiger partial charge in [0.2, 0.25) is 0 Å². The van der Waals surface area contributed by atoms with Gasteiger partial charge in [0.25, 0.3) is 5.91 Å². The molecule has 0 radical (unpaired) electrons. The fourth-order valence-electron chi connectivity index (χ4n) is 1.54. The topological polar surface area (TPSA) is 41.5 Å². The van der Waals surface area contributed by atoms with Gasteiger partial charge in [0.05, 0.1) is 10.6 Å². The fourth-order valence-corrected chi connectivity index (χ4v) is 1.76. The summed E-state index contributed by atoms with van der Waals surface area (Å²) in [5, 5.41) is 4.51. The van der Waals surface area contributed by atoms with Crippen LogP contribution in [0.3, 0.4) is 0 Å². The minimum Gasteiger partial charge on any atom is -0.267 e. The Hall–Kier alpha value is -1.35. The lowest BCUT2D eigenvalue weighted by atomic mass is 10.1. The number of hydrogen-bond donors (Lipinski definition) is 1. The fraction of sp³-hybridized carbons (Fsp3) is 0.429. The average Bonchev–Trinajstić information content (AvgIpc) is 2.37. The van der Waals surface area contributed by atoms with Gasteiger partial charge in [-0.25, -0.2) is 5.43 Å². The molecular weight excluding hydrogens is 248 g/mol. The zero-order valence-electron chi connectivity index (χ0n) is 10.9. The standard InChI is InChI=1S/C14H19ClN2O/c1-3-4-5-8-11(2)16-17-14(18)12-9-6-7-10-13(12)15/h6-7,9-10H,3-5,8H2,1-2H3,(H,17,18)/b16-11+. The number of carbonyl (C=O) groups is 1. The van der Waals surface area contributed by atoms with Crippen LogP contribution in [-0.4, -0.2) is 11.6 Å². The van der Waals surface area contributed by atoms with E-state index in [1.54, 1.807) is 24.3 Å². The summed E-state index contributed by atoms with van der Waals surface area (Å²) < 4.78 is 0. The second kappa shape index (κ2) is 7.88. The van der Waals surface area contributed by atoms with Gasteiger partial charge in [0.1, 0.15) is 0 Å². The highest BCUT2D eigenvalue weighted by Crippen LogP contribution is 2.14. The molecule has 0 heterocycles. The molecule has 0 aliphatic heterocycles. The molecule has 1 rings (SSSR count). The maximum Gasteiger partial charge on any atom is 0.272 e. The predicted molar refractivity (Wildman–Crippen MR) is 76.2 cm³/mol.